The van der Waals surface area contributed by atoms with Crippen molar-refractivity contribution >= 4 is 22.6 Å². The molecule has 0 amide bonds. The topological polar surface area (TPSA) is 45.7 Å². The van der Waals surface area contributed by atoms with E-state index in [4.69, 9.17) is 4.74 Å². The van der Waals surface area contributed by atoms with Gasteiger partial charge < -0.3 is 9.64 Å². The highest BCUT2D eigenvalue weighted by Gasteiger charge is 2.25. The number of aryl methyl sites for hydroxylation is 2. The molecular weight excluding hydrogens is 374 g/mol. The Hall–Kier alpha value is -2.92. The first-order valence-electron chi connectivity index (χ1n) is 10.6. The van der Waals surface area contributed by atoms with Gasteiger partial charge in [0.1, 0.15) is 5.56 Å². The van der Waals surface area contributed by atoms with Crippen molar-refractivity contribution in [3.05, 3.63) is 70.9 Å². The van der Waals surface area contributed by atoms with Crippen molar-refractivity contribution < 1.29 is 9.53 Å². The van der Waals surface area contributed by atoms with Gasteiger partial charge in [0.15, 0.2) is 0 Å². The summed E-state index contributed by atoms with van der Waals surface area (Å²) in [5.41, 5.74) is 6.11. The van der Waals surface area contributed by atoms with Gasteiger partial charge >= 0.3 is 5.97 Å². The van der Waals surface area contributed by atoms with Crippen LogP contribution in [0.4, 0.5) is 5.69 Å². The van der Waals surface area contributed by atoms with Crippen molar-refractivity contribution in [2.24, 2.45) is 0 Å². The summed E-state index contributed by atoms with van der Waals surface area (Å²) in [4.78, 5) is 22.1. The second-order valence-corrected chi connectivity index (χ2v) is 7.97. The van der Waals surface area contributed by atoms with Crippen molar-refractivity contribution in [2.45, 2.75) is 27.3 Å². The summed E-state index contributed by atoms with van der Waals surface area (Å²) in [6.07, 6.45) is 1.69. The van der Waals surface area contributed by atoms with E-state index in [1.165, 1.54) is 11.1 Å². The van der Waals surface area contributed by atoms with Gasteiger partial charge in [0.2, 0.25) is 0 Å². The zero-order valence-electron chi connectivity index (χ0n) is 18.0. The first-order valence-corrected chi connectivity index (χ1v) is 10.6. The van der Waals surface area contributed by atoms with E-state index in [0.29, 0.717) is 12.2 Å². The smallest absolute Gasteiger partial charge is 0.341 e. The Kier molecular flexibility index (Phi) is 6.00. The number of piperazine rings is 1. The Morgan fingerprint density at radius 3 is 2.50 bits per heavy atom. The molecule has 1 saturated heterocycles. The Morgan fingerprint density at radius 1 is 1.07 bits per heavy atom. The Balaban J connectivity index is 1.65. The van der Waals surface area contributed by atoms with Crippen LogP contribution < -0.4 is 4.90 Å². The average Bonchev–Trinajstić information content (AvgIpc) is 2.74. The molecule has 1 aliphatic heterocycles. The predicted molar refractivity (Wildman–Crippen MR) is 121 cm³/mol. The summed E-state index contributed by atoms with van der Waals surface area (Å²) >= 11 is 0. The van der Waals surface area contributed by atoms with Gasteiger partial charge in [-0.2, -0.15) is 0 Å². The molecule has 1 aromatic heterocycles. The molecule has 1 aliphatic rings. The monoisotopic (exact) mass is 403 g/mol. The number of hydrogen-bond acceptors (Lipinski definition) is 5. The molecule has 0 aliphatic carbocycles. The van der Waals surface area contributed by atoms with Crippen molar-refractivity contribution in [3.8, 4) is 0 Å². The molecule has 4 rings (SSSR count). The van der Waals surface area contributed by atoms with Crippen LogP contribution >= 0.6 is 0 Å². The maximum Gasteiger partial charge on any atom is 0.341 e. The lowest BCUT2D eigenvalue weighted by Gasteiger charge is -2.37. The second-order valence-electron chi connectivity index (χ2n) is 7.97. The van der Waals surface area contributed by atoms with E-state index in [2.05, 4.69) is 71.1 Å². The minimum absolute atomic E-state index is 0.298. The van der Waals surface area contributed by atoms with Gasteiger partial charge in [-0.25, -0.2) is 4.79 Å². The third-order valence-electron chi connectivity index (χ3n) is 5.71. The van der Waals surface area contributed by atoms with E-state index in [0.717, 1.165) is 54.9 Å². The second kappa shape index (κ2) is 8.84. The molecule has 2 aromatic carbocycles. The average molecular weight is 404 g/mol. The van der Waals surface area contributed by atoms with E-state index in [9.17, 15) is 4.79 Å². The zero-order valence-corrected chi connectivity index (χ0v) is 18.0. The molecule has 0 radical (unpaired) electrons. The number of aromatic nitrogens is 1. The van der Waals surface area contributed by atoms with Crippen molar-refractivity contribution in [3.63, 3.8) is 0 Å². The van der Waals surface area contributed by atoms with Gasteiger partial charge in [-0.15, -0.1) is 0 Å². The fourth-order valence-electron chi connectivity index (χ4n) is 4.32. The van der Waals surface area contributed by atoms with Crippen LogP contribution in [0.3, 0.4) is 0 Å². The minimum Gasteiger partial charge on any atom is -0.462 e. The quantitative estimate of drug-likeness (QED) is 0.593. The molecule has 3 aromatic rings. The Labute approximate surface area is 178 Å². The summed E-state index contributed by atoms with van der Waals surface area (Å²) in [6.45, 7) is 10.9. The molecule has 0 saturated carbocycles. The number of rotatable bonds is 5. The largest absolute Gasteiger partial charge is 0.462 e. The number of carbonyl (C=O) groups excluding carboxylic acids is 1. The standard InChI is InChI=1S/C25H29N3O2/c1-4-30-25(29)22-16-26-23-19(3)14-18(2)15-21(23)24(22)28-12-10-27(11-13-28)17-20-8-6-5-7-9-20/h5-9,14-16H,4,10-13,17H2,1-3H3. The van der Waals surface area contributed by atoms with Crippen LogP contribution in [-0.2, 0) is 11.3 Å². The highest BCUT2D eigenvalue weighted by atomic mass is 16.5. The maximum atomic E-state index is 12.7. The van der Waals surface area contributed by atoms with Gasteiger partial charge in [-0.1, -0.05) is 42.0 Å². The highest BCUT2D eigenvalue weighted by molar-refractivity contribution is 6.06. The molecule has 0 spiro atoms. The number of anilines is 1. The van der Waals surface area contributed by atoms with E-state index in [1.807, 2.05) is 6.92 Å². The predicted octanol–water partition coefficient (Wildman–Crippen LogP) is 4.35. The molecule has 5 nitrogen and oxygen atoms in total. The number of esters is 1. The Bertz CT molecular complexity index is 1040. The lowest BCUT2D eigenvalue weighted by atomic mass is 10.0. The van der Waals surface area contributed by atoms with Gasteiger partial charge in [0.05, 0.1) is 17.8 Å². The van der Waals surface area contributed by atoms with E-state index in [-0.39, 0.29) is 5.97 Å². The van der Waals surface area contributed by atoms with Crippen LogP contribution in [-0.4, -0.2) is 48.6 Å². The third-order valence-corrected chi connectivity index (χ3v) is 5.71. The molecule has 0 unspecified atom stereocenters. The van der Waals surface area contributed by atoms with Crippen molar-refractivity contribution in [1.82, 2.24) is 9.88 Å². The number of nitrogens with zero attached hydrogens (tertiary/aromatic N) is 3. The number of hydrogen-bond donors (Lipinski definition) is 0. The third kappa shape index (κ3) is 4.17. The zero-order chi connectivity index (χ0) is 21.1. The Morgan fingerprint density at radius 2 is 1.80 bits per heavy atom. The maximum absolute atomic E-state index is 12.7. The molecule has 0 N–H and O–H groups in total. The highest BCUT2D eigenvalue weighted by Crippen LogP contribution is 2.33. The van der Waals surface area contributed by atoms with Crippen LogP contribution in [0.1, 0.15) is 34.0 Å². The van der Waals surface area contributed by atoms with Crippen molar-refractivity contribution in [1.29, 1.82) is 0 Å². The lowest BCUT2D eigenvalue weighted by molar-refractivity contribution is 0.0526. The fraction of sp³-hybridized carbons (Fsp3) is 0.360. The van der Waals surface area contributed by atoms with Crippen LogP contribution in [0.15, 0.2) is 48.7 Å². The molecule has 30 heavy (non-hydrogen) atoms. The molecule has 156 valence electrons. The molecule has 0 atom stereocenters. The summed E-state index contributed by atoms with van der Waals surface area (Å²) in [7, 11) is 0. The molecule has 2 heterocycles. The first-order chi connectivity index (χ1) is 14.6. The van der Waals surface area contributed by atoms with Crippen LogP contribution in [0.25, 0.3) is 10.9 Å². The minimum atomic E-state index is -0.298. The normalized spacial score (nSPS) is 14.8. The molecular formula is C25H29N3O2. The van der Waals surface area contributed by atoms with Gasteiger partial charge in [0.25, 0.3) is 0 Å². The summed E-state index contributed by atoms with van der Waals surface area (Å²) in [5, 5.41) is 1.04. The molecule has 5 heteroatoms. The number of fused-ring (bicyclic) bond motifs is 1. The van der Waals surface area contributed by atoms with Gasteiger partial charge in [0, 0.05) is 44.3 Å². The first kappa shape index (κ1) is 20.4. The van der Waals surface area contributed by atoms with Crippen LogP contribution in [0.5, 0.6) is 0 Å². The number of benzene rings is 2. The van der Waals surface area contributed by atoms with Gasteiger partial charge in [-0.3, -0.25) is 9.88 Å². The number of pyridine rings is 1. The molecule has 1 fully saturated rings. The van der Waals surface area contributed by atoms with Gasteiger partial charge in [-0.05, 0) is 38.0 Å². The fourth-order valence-corrected chi connectivity index (χ4v) is 4.32. The summed E-state index contributed by atoms with van der Waals surface area (Å²) in [5.74, 6) is -0.298. The molecule has 0 bridgehead atoms. The van der Waals surface area contributed by atoms with E-state index < -0.39 is 0 Å². The van der Waals surface area contributed by atoms with E-state index >= 15 is 0 Å². The van der Waals surface area contributed by atoms with Crippen molar-refractivity contribution in [2.75, 3.05) is 37.7 Å². The summed E-state index contributed by atoms with van der Waals surface area (Å²) in [6, 6.07) is 14.9. The van der Waals surface area contributed by atoms with E-state index in [1.54, 1.807) is 6.20 Å². The lowest BCUT2D eigenvalue weighted by Crippen LogP contribution is -2.46. The van der Waals surface area contributed by atoms with Crippen LogP contribution in [0.2, 0.25) is 0 Å². The van der Waals surface area contributed by atoms with Crippen LogP contribution in [0, 0.1) is 13.8 Å². The SMILES string of the molecule is CCOC(=O)c1cnc2c(C)cc(C)cc2c1N1CCN(Cc2ccccc2)CC1. The number of carbonyl (C=O) groups is 1. The summed E-state index contributed by atoms with van der Waals surface area (Å²) < 4.78 is 5.35. The number of ether oxygens (including phenoxy) is 1.